The third-order valence-corrected chi connectivity index (χ3v) is 3.43. The number of thioether (sulfide) groups is 1. The number of halogens is 1. The second kappa shape index (κ2) is 6.35. The lowest BCUT2D eigenvalue weighted by atomic mass is 10.2. The molecule has 0 aliphatic carbocycles. The molecule has 3 N–H and O–H groups in total. The van der Waals surface area contributed by atoms with Crippen molar-refractivity contribution < 1.29 is 9.18 Å². The lowest BCUT2D eigenvalue weighted by molar-refractivity contribution is -0.113. The van der Waals surface area contributed by atoms with E-state index < -0.39 is 23.0 Å². The standard InChI is InChI=1S/C12H11FN4O3S/c1-6-2-3-7(4-8(6)13)14-9(18)5-21-11-10(19)15-12(20)17-16-11/h2-4H,5H2,1H3,(H,14,18)(H2,15,17,19,20). The van der Waals surface area contributed by atoms with Crippen LogP contribution in [0.15, 0.2) is 32.8 Å². The van der Waals surface area contributed by atoms with E-state index in [2.05, 4.69) is 15.5 Å². The van der Waals surface area contributed by atoms with Gasteiger partial charge in [-0.3, -0.25) is 14.6 Å². The summed E-state index contributed by atoms with van der Waals surface area (Å²) in [7, 11) is 0. The zero-order valence-corrected chi connectivity index (χ0v) is 11.7. The number of nitrogens with zero attached hydrogens (tertiary/aromatic N) is 1. The van der Waals surface area contributed by atoms with Crippen molar-refractivity contribution in [1.29, 1.82) is 0 Å². The summed E-state index contributed by atoms with van der Waals surface area (Å²) in [6.45, 7) is 1.62. The monoisotopic (exact) mass is 310 g/mol. The van der Waals surface area contributed by atoms with Gasteiger partial charge in [-0.2, -0.15) is 5.10 Å². The first-order chi connectivity index (χ1) is 9.95. The Balaban J connectivity index is 1.97. The molecule has 0 saturated heterocycles. The van der Waals surface area contributed by atoms with Crippen molar-refractivity contribution in [3.05, 3.63) is 50.4 Å². The van der Waals surface area contributed by atoms with Gasteiger partial charge < -0.3 is 5.32 Å². The van der Waals surface area contributed by atoms with E-state index in [-0.39, 0.29) is 10.8 Å². The average Bonchev–Trinajstić information content (AvgIpc) is 2.42. The maximum absolute atomic E-state index is 13.3. The zero-order chi connectivity index (χ0) is 15.4. The first kappa shape index (κ1) is 15.0. The largest absolute Gasteiger partial charge is 0.342 e. The van der Waals surface area contributed by atoms with Crippen molar-refractivity contribution >= 4 is 23.4 Å². The fraction of sp³-hybridized carbons (Fsp3) is 0.167. The number of benzene rings is 1. The summed E-state index contributed by atoms with van der Waals surface area (Å²) in [6.07, 6.45) is 0. The molecule has 0 aliphatic heterocycles. The minimum Gasteiger partial charge on any atom is -0.325 e. The van der Waals surface area contributed by atoms with Crippen molar-refractivity contribution in [3.63, 3.8) is 0 Å². The summed E-state index contributed by atoms with van der Waals surface area (Å²) < 4.78 is 13.3. The maximum Gasteiger partial charge on any atom is 0.342 e. The quantitative estimate of drug-likeness (QED) is 0.718. The molecule has 0 bridgehead atoms. The first-order valence-electron chi connectivity index (χ1n) is 5.83. The molecule has 2 rings (SSSR count). The van der Waals surface area contributed by atoms with Gasteiger partial charge in [-0.25, -0.2) is 14.3 Å². The Kier molecular flexibility index (Phi) is 4.53. The maximum atomic E-state index is 13.3. The van der Waals surface area contributed by atoms with Crippen molar-refractivity contribution in [2.45, 2.75) is 11.9 Å². The minimum absolute atomic E-state index is 0.0279. The van der Waals surface area contributed by atoms with Gasteiger partial charge in [0.25, 0.3) is 5.56 Å². The molecule has 2 aromatic rings. The molecule has 1 aromatic carbocycles. The van der Waals surface area contributed by atoms with Gasteiger partial charge in [0.1, 0.15) is 5.82 Å². The fourth-order valence-electron chi connectivity index (χ4n) is 1.44. The number of carbonyl (C=O) groups is 1. The molecule has 1 aromatic heterocycles. The molecule has 1 heterocycles. The normalized spacial score (nSPS) is 10.4. The summed E-state index contributed by atoms with van der Waals surface area (Å²) in [5.74, 6) is -0.938. The van der Waals surface area contributed by atoms with Gasteiger partial charge in [0, 0.05) is 5.69 Å². The van der Waals surface area contributed by atoms with E-state index in [0.717, 1.165) is 11.8 Å². The van der Waals surface area contributed by atoms with Crippen LogP contribution in [0.25, 0.3) is 0 Å². The molecule has 0 aliphatic rings. The van der Waals surface area contributed by atoms with Crippen molar-refractivity contribution in [1.82, 2.24) is 15.2 Å². The van der Waals surface area contributed by atoms with Crippen LogP contribution < -0.4 is 16.6 Å². The van der Waals surface area contributed by atoms with Crippen molar-refractivity contribution in [2.24, 2.45) is 0 Å². The van der Waals surface area contributed by atoms with Crippen LogP contribution in [0.5, 0.6) is 0 Å². The van der Waals surface area contributed by atoms with Crippen LogP contribution in [0.4, 0.5) is 10.1 Å². The van der Waals surface area contributed by atoms with Crippen LogP contribution in [0.3, 0.4) is 0 Å². The molecule has 1 amide bonds. The Morgan fingerprint density at radius 2 is 2.19 bits per heavy atom. The number of aromatic nitrogens is 3. The molecule has 0 fully saturated rings. The van der Waals surface area contributed by atoms with Crippen LogP contribution >= 0.6 is 11.8 Å². The molecular formula is C12H11FN4O3S. The Hall–Kier alpha value is -2.42. The summed E-state index contributed by atoms with van der Waals surface area (Å²) in [4.78, 5) is 35.8. The minimum atomic E-state index is -0.719. The number of carbonyl (C=O) groups excluding carboxylic acids is 1. The lowest BCUT2D eigenvalue weighted by Crippen LogP contribution is -2.25. The Morgan fingerprint density at radius 3 is 2.86 bits per heavy atom. The van der Waals surface area contributed by atoms with Crippen LogP contribution in [-0.2, 0) is 4.79 Å². The van der Waals surface area contributed by atoms with Gasteiger partial charge in [0.15, 0.2) is 5.03 Å². The third kappa shape index (κ3) is 4.02. The van der Waals surface area contributed by atoms with Crippen LogP contribution in [0.1, 0.15) is 5.56 Å². The summed E-state index contributed by atoms with van der Waals surface area (Å²) >= 11 is 0.860. The number of H-pyrrole nitrogens is 2. The van der Waals surface area contributed by atoms with Crippen molar-refractivity contribution in [2.75, 3.05) is 11.1 Å². The highest BCUT2D eigenvalue weighted by Crippen LogP contribution is 2.15. The van der Waals surface area contributed by atoms with E-state index >= 15 is 0 Å². The predicted octanol–water partition coefficient (Wildman–Crippen LogP) is 0.637. The van der Waals surface area contributed by atoms with Crippen LogP contribution in [0.2, 0.25) is 0 Å². The highest BCUT2D eigenvalue weighted by Gasteiger charge is 2.09. The molecule has 0 spiro atoms. The third-order valence-electron chi connectivity index (χ3n) is 2.48. The Morgan fingerprint density at radius 1 is 1.43 bits per heavy atom. The van der Waals surface area contributed by atoms with Crippen LogP contribution in [0, 0.1) is 12.7 Å². The number of aromatic amines is 2. The molecule has 21 heavy (non-hydrogen) atoms. The SMILES string of the molecule is Cc1ccc(NC(=O)CSc2n[nH]c(=O)[nH]c2=O)cc1F. The molecule has 110 valence electrons. The number of anilines is 1. The van der Waals surface area contributed by atoms with E-state index in [0.29, 0.717) is 11.3 Å². The topological polar surface area (TPSA) is 108 Å². The van der Waals surface area contributed by atoms with E-state index in [1.54, 1.807) is 19.1 Å². The van der Waals surface area contributed by atoms with E-state index in [4.69, 9.17) is 0 Å². The second-order valence-electron chi connectivity index (χ2n) is 4.11. The Labute approximate surface area is 122 Å². The average molecular weight is 310 g/mol. The van der Waals surface area contributed by atoms with E-state index in [1.807, 2.05) is 4.98 Å². The number of amides is 1. The summed E-state index contributed by atoms with van der Waals surface area (Å²) in [5, 5.41) is 8.06. The summed E-state index contributed by atoms with van der Waals surface area (Å²) in [6, 6.07) is 4.33. The predicted molar refractivity (Wildman–Crippen MR) is 76.0 cm³/mol. The molecule has 0 saturated carbocycles. The number of hydrogen-bond acceptors (Lipinski definition) is 5. The van der Waals surface area contributed by atoms with Crippen LogP contribution in [-0.4, -0.2) is 26.8 Å². The molecular weight excluding hydrogens is 299 g/mol. The second-order valence-corrected chi connectivity index (χ2v) is 5.08. The zero-order valence-electron chi connectivity index (χ0n) is 10.9. The lowest BCUT2D eigenvalue weighted by Gasteiger charge is -2.05. The molecule has 0 radical (unpaired) electrons. The highest BCUT2D eigenvalue weighted by atomic mass is 32.2. The van der Waals surface area contributed by atoms with Gasteiger partial charge in [-0.15, -0.1) is 0 Å². The van der Waals surface area contributed by atoms with Gasteiger partial charge in [-0.05, 0) is 24.6 Å². The molecule has 7 nitrogen and oxygen atoms in total. The number of hydrogen-bond donors (Lipinski definition) is 3. The van der Waals surface area contributed by atoms with Gasteiger partial charge in [0.2, 0.25) is 5.91 Å². The first-order valence-corrected chi connectivity index (χ1v) is 6.82. The smallest absolute Gasteiger partial charge is 0.325 e. The molecule has 9 heteroatoms. The molecule has 0 unspecified atom stereocenters. The highest BCUT2D eigenvalue weighted by molar-refractivity contribution is 7.99. The fourth-order valence-corrected chi connectivity index (χ4v) is 2.07. The molecule has 0 atom stereocenters. The number of aryl methyl sites for hydroxylation is 1. The van der Waals surface area contributed by atoms with Gasteiger partial charge in [-0.1, -0.05) is 17.8 Å². The number of rotatable bonds is 4. The number of nitrogens with one attached hydrogen (secondary N) is 3. The van der Waals surface area contributed by atoms with E-state index in [1.165, 1.54) is 6.07 Å². The Bertz CT molecular complexity index is 787. The summed E-state index contributed by atoms with van der Waals surface area (Å²) in [5.41, 5.74) is -0.583. The van der Waals surface area contributed by atoms with Gasteiger partial charge in [0.05, 0.1) is 5.75 Å². The van der Waals surface area contributed by atoms with E-state index in [9.17, 15) is 18.8 Å². The van der Waals surface area contributed by atoms with Gasteiger partial charge >= 0.3 is 5.69 Å². The van der Waals surface area contributed by atoms with Crippen molar-refractivity contribution in [3.8, 4) is 0 Å².